The van der Waals surface area contributed by atoms with E-state index in [0.717, 1.165) is 5.69 Å². The molecule has 1 aromatic rings. The van der Waals surface area contributed by atoms with Crippen LogP contribution in [0.1, 0.15) is 12.1 Å². The van der Waals surface area contributed by atoms with Gasteiger partial charge in [0.1, 0.15) is 6.42 Å². The van der Waals surface area contributed by atoms with E-state index >= 15 is 0 Å². The molecule has 6 heteroatoms. The van der Waals surface area contributed by atoms with Crippen LogP contribution in [0.25, 0.3) is 0 Å². The molecule has 0 aromatic carbocycles. The Bertz CT molecular complexity index is 307. The molecule has 0 fully saturated rings. The minimum atomic E-state index is -0.621. The molecule has 0 aliphatic heterocycles. The van der Waals surface area contributed by atoms with E-state index in [1.807, 2.05) is 0 Å². The first-order valence-electron chi connectivity index (χ1n) is 4.20. The zero-order valence-corrected chi connectivity index (χ0v) is 7.62. The Labute approximate surface area is 80.9 Å². The Morgan fingerprint density at radius 2 is 2.36 bits per heavy atom. The molecule has 6 nitrogen and oxygen atoms in total. The van der Waals surface area contributed by atoms with E-state index in [1.165, 1.54) is 0 Å². The average Bonchev–Trinajstić information content (AvgIpc) is 2.55. The van der Waals surface area contributed by atoms with Gasteiger partial charge in [0, 0.05) is 24.9 Å². The number of carbonyl (C=O) groups is 2. The monoisotopic (exact) mass is 196 g/mol. The predicted octanol–water partition coefficient (Wildman–Crippen LogP) is -1.06. The van der Waals surface area contributed by atoms with Crippen LogP contribution in [0.4, 0.5) is 0 Å². The van der Waals surface area contributed by atoms with Crippen LogP contribution in [0.15, 0.2) is 12.5 Å². The van der Waals surface area contributed by atoms with Crippen LogP contribution in [0, 0.1) is 0 Å². The molecule has 0 aliphatic carbocycles. The van der Waals surface area contributed by atoms with E-state index in [4.69, 9.17) is 5.73 Å². The number of amides is 2. The van der Waals surface area contributed by atoms with Crippen molar-refractivity contribution >= 4 is 11.8 Å². The summed E-state index contributed by atoms with van der Waals surface area (Å²) >= 11 is 0. The molecule has 14 heavy (non-hydrogen) atoms. The fraction of sp³-hybridized carbons (Fsp3) is 0.375. The van der Waals surface area contributed by atoms with Gasteiger partial charge in [0.2, 0.25) is 11.8 Å². The number of hydrogen-bond acceptors (Lipinski definition) is 3. The van der Waals surface area contributed by atoms with Gasteiger partial charge in [0.15, 0.2) is 0 Å². The van der Waals surface area contributed by atoms with Gasteiger partial charge in [-0.05, 0) is 0 Å². The molecule has 1 rings (SSSR count). The van der Waals surface area contributed by atoms with Gasteiger partial charge in [-0.25, -0.2) is 4.98 Å². The molecule has 0 atom stereocenters. The second kappa shape index (κ2) is 5.00. The first-order chi connectivity index (χ1) is 6.68. The third-order valence-corrected chi connectivity index (χ3v) is 1.61. The molecule has 76 valence electrons. The zero-order valence-electron chi connectivity index (χ0n) is 7.62. The van der Waals surface area contributed by atoms with Gasteiger partial charge in [0.25, 0.3) is 0 Å². The van der Waals surface area contributed by atoms with Crippen LogP contribution in [-0.2, 0) is 16.0 Å². The van der Waals surface area contributed by atoms with Gasteiger partial charge in [-0.1, -0.05) is 0 Å². The summed E-state index contributed by atoms with van der Waals surface area (Å²) in [5.74, 6) is -0.971. The molecule has 2 amide bonds. The molecule has 0 saturated carbocycles. The second-order valence-electron chi connectivity index (χ2n) is 2.82. The van der Waals surface area contributed by atoms with Crippen LogP contribution in [0.3, 0.4) is 0 Å². The Morgan fingerprint density at radius 3 is 2.93 bits per heavy atom. The van der Waals surface area contributed by atoms with E-state index < -0.39 is 5.91 Å². The summed E-state index contributed by atoms with van der Waals surface area (Å²) in [6, 6.07) is 0. The normalized spacial score (nSPS) is 9.71. The second-order valence-corrected chi connectivity index (χ2v) is 2.82. The highest BCUT2D eigenvalue weighted by Crippen LogP contribution is 1.90. The van der Waals surface area contributed by atoms with Crippen molar-refractivity contribution in [3.63, 3.8) is 0 Å². The summed E-state index contributed by atoms with van der Waals surface area (Å²) in [5, 5.41) is 2.56. The predicted molar refractivity (Wildman–Crippen MR) is 49.1 cm³/mol. The molecule has 0 bridgehead atoms. The number of aromatic amines is 1. The SMILES string of the molecule is NC(=O)CC(=O)NCCc1cnc[nH]1. The van der Waals surface area contributed by atoms with Gasteiger partial charge in [0.05, 0.1) is 6.33 Å². The topological polar surface area (TPSA) is 101 Å². The Kier molecular flexibility index (Phi) is 3.66. The van der Waals surface area contributed by atoms with Gasteiger partial charge in [-0.2, -0.15) is 0 Å². The number of nitrogens with zero attached hydrogens (tertiary/aromatic N) is 1. The Morgan fingerprint density at radius 1 is 1.57 bits per heavy atom. The fourth-order valence-electron chi connectivity index (χ4n) is 0.979. The van der Waals surface area contributed by atoms with Crippen molar-refractivity contribution in [3.8, 4) is 0 Å². The fourth-order valence-corrected chi connectivity index (χ4v) is 0.979. The van der Waals surface area contributed by atoms with Crippen molar-refractivity contribution in [2.75, 3.05) is 6.54 Å². The smallest absolute Gasteiger partial charge is 0.229 e. The summed E-state index contributed by atoms with van der Waals surface area (Å²) in [6.45, 7) is 0.467. The highest BCUT2D eigenvalue weighted by Gasteiger charge is 2.04. The molecule has 1 heterocycles. The lowest BCUT2D eigenvalue weighted by molar-refractivity contribution is -0.127. The van der Waals surface area contributed by atoms with Crippen LogP contribution >= 0.6 is 0 Å². The maximum atomic E-state index is 10.9. The largest absolute Gasteiger partial charge is 0.369 e. The quantitative estimate of drug-likeness (QED) is 0.523. The van der Waals surface area contributed by atoms with Crippen molar-refractivity contribution in [1.29, 1.82) is 0 Å². The zero-order chi connectivity index (χ0) is 10.4. The standard InChI is InChI=1S/C8H12N4O2/c9-7(13)3-8(14)11-2-1-6-4-10-5-12-6/h4-5H,1-3H2,(H2,9,13)(H,10,12)(H,11,14). The summed E-state index contributed by atoms with van der Waals surface area (Å²) in [5.41, 5.74) is 5.78. The lowest BCUT2D eigenvalue weighted by atomic mass is 10.3. The number of H-pyrrole nitrogens is 1. The van der Waals surface area contributed by atoms with Gasteiger partial charge < -0.3 is 16.0 Å². The Balaban J connectivity index is 2.15. The number of nitrogens with two attached hydrogens (primary N) is 1. The molecule has 0 radical (unpaired) electrons. The van der Waals surface area contributed by atoms with Gasteiger partial charge in [-0.15, -0.1) is 0 Å². The molecule has 0 unspecified atom stereocenters. The van der Waals surface area contributed by atoms with Gasteiger partial charge in [-0.3, -0.25) is 9.59 Å². The van der Waals surface area contributed by atoms with Crippen LogP contribution in [-0.4, -0.2) is 28.3 Å². The number of primary amides is 1. The highest BCUT2D eigenvalue weighted by molar-refractivity contribution is 5.95. The van der Waals surface area contributed by atoms with Crippen molar-refractivity contribution in [2.45, 2.75) is 12.8 Å². The first kappa shape index (κ1) is 10.2. The lowest BCUT2D eigenvalue weighted by Gasteiger charge is -2.01. The third-order valence-electron chi connectivity index (χ3n) is 1.61. The molecule has 0 spiro atoms. The van der Waals surface area contributed by atoms with Crippen LogP contribution in [0.2, 0.25) is 0 Å². The van der Waals surface area contributed by atoms with Gasteiger partial charge >= 0.3 is 0 Å². The van der Waals surface area contributed by atoms with E-state index in [9.17, 15) is 9.59 Å². The minimum absolute atomic E-state index is 0.261. The maximum absolute atomic E-state index is 10.9. The van der Waals surface area contributed by atoms with E-state index in [0.29, 0.717) is 13.0 Å². The number of aromatic nitrogens is 2. The maximum Gasteiger partial charge on any atom is 0.229 e. The summed E-state index contributed by atoms with van der Waals surface area (Å²) in [7, 11) is 0. The van der Waals surface area contributed by atoms with E-state index in [1.54, 1.807) is 12.5 Å². The lowest BCUT2D eigenvalue weighted by Crippen LogP contribution is -2.29. The van der Waals surface area contributed by atoms with E-state index in [2.05, 4.69) is 15.3 Å². The number of rotatable bonds is 5. The number of carbonyl (C=O) groups excluding carboxylic acids is 2. The molecule has 0 aliphatic rings. The third kappa shape index (κ3) is 3.70. The summed E-state index contributed by atoms with van der Waals surface area (Å²) in [6.07, 6.45) is 3.65. The van der Waals surface area contributed by atoms with Crippen molar-refractivity contribution in [3.05, 3.63) is 18.2 Å². The van der Waals surface area contributed by atoms with Crippen molar-refractivity contribution in [1.82, 2.24) is 15.3 Å². The minimum Gasteiger partial charge on any atom is -0.369 e. The number of imidazole rings is 1. The van der Waals surface area contributed by atoms with Crippen molar-refractivity contribution < 1.29 is 9.59 Å². The molecular weight excluding hydrogens is 184 g/mol. The number of hydrogen-bond donors (Lipinski definition) is 3. The molecular formula is C8H12N4O2. The van der Waals surface area contributed by atoms with Crippen LogP contribution in [0.5, 0.6) is 0 Å². The van der Waals surface area contributed by atoms with Crippen LogP contribution < -0.4 is 11.1 Å². The highest BCUT2D eigenvalue weighted by atomic mass is 16.2. The number of nitrogens with one attached hydrogen (secondary N) is 2. The molecule has 4 N–H and O–H groups in total. The average molecular weight is 196 g/mol. The Hall–Kier alpha value is -1.85. The molecule has 1 aromatic heterocycles. The first-order valence-corrected chi connectivity index (χ1v) is 4.20. The van der Waals surface area contributed by atoms with E-state index in [-0.39, 0.29) is 12.3 Å². The van der Waals surface area contributed by atoms with Crippen molar-refractivity contribution in [2.24, 2.45) is 5.73 Å². The molecule has 0 saturated heterocycles. The summed E-state index contributed by atoms with van der Waals surface area (Å²) in [4.78, 5) is 28.0. The summed E-state index contributed by atoms with van der Waals surface area (Å²) < 4.78 is 0.